The molecule has 2 aromatic heterocycles. The number of thiophene rings is 1. The molecular weight excluding hydrogens is 806 g/mol. The van der Waals surface area contributed by atoms with E-state index in [9.17, 15) is 0 Å². The smallest absolute Gasteiger partial charge is 0.0887 e. The Kier molecular flexibility index (Phi) is 10.2. The van der Waals surface area contributed by atoms with Crippen molar-refractivity contribution in [3.05, 3.63) is 210 Å². The highest BCUT2D eigenvalue weighted by Crippen LogP contribution is 2.51. The third kappa shape index (κ3) is 7.37. The third-order valence-electron chi connectivity index (χ3n) is 12.3. The molecular formula is C58H50ClN3S. The molecule has 0 radical (unpaired) electrons. The van der Waals surface area contributed by atoms with E-state index in [0.29, 0.717) is 5.02 Å². The number of anilines is 6. The van der Waals surface area contributed by atoms with Crippen LogP contribution in [0.2, 0.25) is 5.02 Å². The van der Waals surface area contributed by atoms with E-state index in [-0.39, 0.29) is 10.8 Å². The Hall–Kier alpha value is -6.59. The summed E-state index contributed by atoms with van der Waals surface area (Å²) in [5.41, 5.74) is 14.4. The summed E-state index contributed by atoms with van der Waals surface area (Å²) in [7, 11) is 0. The number of fused-ring (bicyclic) bond motifs is 4. The first kappa shape index (κ1) is 40.5. The molecule has 0 saturated heterocycles. The monoisotopic (exact) mass is 855 g/mol. The molecule has 0 aliphatic heterocycles. The van der Waals surface area contributed by atoms with Gasteiger partial charge in [0.05, 0.1) is 38.8 Å². The standard InChI is InChI=1S/C58H50ClN3S/c1-57(2,3)40-28-32-43(33-29-40)60(49-24-15-13-22-45(49)39-18-9-7-10-19-39)51-26-17-27-52(56(51)59)62(44-34-30-41(31-35-44)58(4,5)6)54-38-63-55-37-53-47(36-48(54)55)46-23-14-16-25-50(46)61(53)42-20-11-8-12-21-42/h7-38H,1-6H3. The first-order valence-corrected chi connectivity index (χ1v) is 23.0. The summed E-state index contributed by atoms with van der Waals surface area (Å²) in [5.74, 6) is 0. The molecule has 5 heteroatoms. The van der Waals surface area contributed by atoms with Crippen LogP contribution in [0.15, 0.2) is 193 Å². The molecule has 8 aromatic carbocycles. The summed E-state index contributed by atoms with van der Waals surface area (Å²) in [5, 5.41) is 6.57. The Morgan fingerprint density at radius 1 is 0.444 bits per heavy atom. The van der Waals surface area contributed by atoms with Crippen LogP contribution in [0.3, 0.4) is 0 Å². The fraction of sp³-hybridized carbons (Fsp3) is 0.138. The Morgan fingerprint density at radius 3 is 1.59 bits per heavy atom. The molecule has 0 amide bonds. The second kappa shape index (κ2) is 16.0. The van der Waals surface area contributed by atoms with Crippen molar-refractivity contribution in [2.24, 2.45) is 0 Å². The predicted octanol–water partition coefficient (Wildman–Crippen LogP) is 17.9. The van der Waals surface area contributed by atoms with Crippen LogP contribution in [0, 0.1) is 0 Å². The normalized spacial score (nSPS) is 12.0. The van der Waals surface area contributed by atoms with Gasteiger partial charge in [0.1, 0.15) is 0 Å². The molecule has 0 fully saturated rings. The minimum absolute atomic E-state index is 0.00373. The summed E-state index contributed by atoms with van der Waals surface area (Å²) in [6, 6.07) is 67.9. The zero-order valence-electron chi connectivity index (χ0n) is 36.6. The lowest BCUT2D eigenvalue weighted by atomic mass is 9.87. The van der Waals surface area contributed by atoms with Gasteiger partial charge >= 0.3 is 0 Å². The molecule has 0 aliphatic carbocycles. The number of rotatable bonds is 8. The van der Waals surface area contributed by atoms with Crippen LogP contribution in [0.25, 0.3) is 48.7 Å². The molecule has 10 rings (SSSR count). The van der Waals surface area contributed by atoms with E-state index >= 15 is 0 Å². The van der Waals surface area contributed by atoms with Gasteiger partial charge in [-0.15, -0.1) is 11.3 Å². The van der Waals surface area contributed by atoms with Gasteiger partial charge in [0.15, 0.2) is 0 Å². The lowest BCUT2D eigenvalue weighted by Gasteiger charge is -2.32. The van der Waals surface area contributed by atoms with E-state index in [0.717, 1.165) is 50.9 Å². The molecule has 0 N–H and O–H groups in total. The fourth-order valence-electron chi connectivity index (χ4n) is 8.93. The molecule has 0 aliphatic rings. The molecule has 2 heterocycles. The Morgan fingerprint density at radius 2 is 0.968 bits per heavy atom. The maximum Gasteiger partial charge on any atom is 0.0887 e. The van der Waals surface area contributed by atoms with E-state index in [1.165, 1.54) is 43.0 Å². The Labute approximate surface area is 380 Å². The van der Waals surface area contributed by atoms with E-state index in [1.54, 1.807) is 11.3 Å². The number of para-hydroxylation sites is 3. The van der Waals surface area contributed by atoms with Crippen LogP contribution >= 0.6 is 22.9 Å². The van der Waals surface area contributed by atoms with Gasteiger partial charge in [0, 0.05) is 48.9 Å². The molecule has 310 valence electrons. The van der Waals surface area contributed by atoms with Crippen molar-refractivity contribution < 1.29 is 0 Å². The molecule has 0 spiro atoms. The van der Waals surface area contributed by atoms with Crippen molar-refractivity contribution in [1.82, 2.24) is 4.57 Å². The average Bonchev–Trinajstić information content (AvgIpc) is 3.85. The van der Waals surface area contributed by atoms with Crippen molar-refractivity contribution in [1.29, 1.82) is 0 Å². The van der Waals surface area contributed by atoms with Gasteiger partial charge < -0.3 is 14.4 Å². The van der Waals surface area contributed by atoms with Crippen molar-refractivity contribution in [3.63, 3.8) is 0 Å². The van der Waals surface area contributed by atoms with Crippen LogP contribution in [0.1, 0.15) is 52.7 Å². The van der Waals surface area contributed by atoms with E-state index < -0.39 is 0 Å². The molecule has 0 saturated carbocycles. The van der Waals surface area contributed by atoms with Gasteiger partial charge in [-0.2, -0.15) is 0 Å². The van der Waals surface area contributed by atoms with Crippen molar-refractivity contribution >= 4 is 89.0 Å². The summed E-state index contributed by atoms with van der Waals surface area (Å²) in [4.78, 5) is 4.69. The van der Waals surface area contributed by atoms with Gasteiger partial charge in [-0.25, -0.2) is 0 Å². The molecule has 0 bridgehead atoms. The van der Waals surface area contributed by atoms with Gasteiger partial charge in [-0.05, 0) is 100 Å². The Bertz CT molecular complexity index is 3240. The Balaban J connectivity index is 1.21. The van der Waals surface area contributed by atoms with Crippen molar-refractivity contribution in [2.75, 3.05) is 9.80 Å². The van der Waals surface area contributed by atoms with Crippen LogP contribution in [0.4, 0.5) is 34.1 Å². The topological polar surface area (TPSA) is 11.4 Å². The van der Waals surface area contributed by atoms with Crippen molar-refractivity contribution in [2.45, 2.75) is 52.4 Å². The zero-order chi connectivity index (χ0) is 43.5. The summed E-state index contributed by atoms with van der Waals surface area (Å²) < 4.78 is 3.60. The SMILES string of the molecule is CC(C)(C)c1ccc(N(c2ccccc2-c2ccccc2)c2cccc(N(c3ccc(C(C)(C)C)cc3)c3csc4cc5c(cc34)c3ccccc3n5-c3ccccc3)c2Cl)cc1. The lowest BCUT2D eigenvalue weighted by Crippen LogP contribution is -2.16. The number of halogens is 1. The number of benzene rings is 8. The number of nitrogens with zero attached hydrogens (tertiary/aromatic N) is 3. The zero-order valence-corrected chi connectivity index (χ0v) is 38.2. The van der Waals surface area contributed by atoms with E-state index in [2.05, 4.69) is 249 Å². The lowest BCUT2D eigenvalue weighted by molar-refractivity contribution is 0.590. The summed E-state index contributed by atoms with van der Waals surface area (Å²) in [6.07, 6.45) is 0. The summed E-state index contributed by atoms with van der Waals surface area (Å²) >= 11 is 9.76. The van der Waals surface area contributed by atoms with Gasteiger partial charge in [-0.1, -0.05) is 168 Å². The molecule has 3 nitrogen and oxygen atoms in total. The van der Waals surface area contributed by atoms with E-state index in [1.807, 2.05) is 0 Å². The fourth-order valence-corrected chi connectivity index (χ4v) is 10.2. The highest BCUT2D eigenvalue weighted by Gasteiger charge is 2.27. The maximum absolute atomic E-state index is 7.98. The third-order valence-corrected chi connectivity index (χ3v) is 13.6. The average molecular weight is 857 g/mol. The summed E-state index contributed by atoms with van der Waals surface area (Å²) in [6.45, 7) is 13.6. The molecule has 63 heavy (non-hydrogen) atoms. The number of aromatic nitrogens is 1. The second-order valence-corrected chi connectivity index (χ2v) is 19.7. The van der Waals surface area contributed by atoms with Gasteiger partial charge in [-0.3, -0.25) is 0 Å². The largest absolute Gasteiger partial charge is 0.309 e. The quantitative estimate of drug-likeness (QED) is 0.151. The maximum atomic E-state index is 7.98. The van der Waals surface area contributed by atoms with Crippen LogP contribution < -0.4 is 9.80 Å². The second-order valence-electron chi connectivity index (χ2n) is 18.4. The van der Waals surface area contributed by atoms with Crippen LogP contribution in [-0.2, 0) is 10.8 Å². The predicted molar refractivity (Wildman–Crippen MR) is 273 cm³/mol. The van der Waals surface area contributed by atoms with Crippen LogP contribution in [0.5, 0.6) is 0 Å². The molecule has 10 aromatic rings. The number of hydrogen-bond donors (Lipinski definition) is 0. The van der Waals surface area contributed by atoms with Crippen LogP contribution in [-0.4, -0.2) is 4.57 Å². The highest BCUT2D eigenvalue weighted by molar-refractivity contribution is 7.18. The molecule has 0 atom stereocenters. The first-order valence-electron chi connectivity index (χ1n) is 21.7. The highest BCUT2D eigenvalue weighted by atomic mass is 35.5. The molecule has 0 unspecified atom stereocenters. The van der Waals surface area contributed by atoms with E-state index in [4.69, 9.17) is 11.6 Å². The van der Waals surface area contributed by atoms with Gasteiger partial charge in [0.2, 0.25) is 0 Å². The van der Waals surface area contributed by atoms with Crippen molar-refractivity contribution in [3.8, 4) is 16.8 Å². The van der Waals surface area contributed by atoms with Gasteiger partial charge in [0.25, 0.3) is 0 Å². The minimum Gasteiger partial charge on any atom is -0.309 e. The first-order chi connectivity index (χ1) is 30.5. The number of hydrogen-bond acceptors (Lipinski definition) is 3. The minimum atomic E-state index is 0.00373.